The molecule has 4 aliphatic heterocycles. The van der Waals surface area contributed by atoms with Crippen LogP contribution in [0.15, 0.2) is 60.7 Å². The second-order valence-electron chi connectivity index (χ2n) is 18.7. The minimum atomic E-state index is 0.407. The first-order valence-electron chi connectivity index (χ1n) is 23.7. The first kappa shape index (κ1) is 37.9. The third-order valence-corrected chi connectivity index (χ3v) is 14.2. The van der Waals surface area contributed by atoms with E-state index in [0.717, 1.165) is 158 Å². The van der Waals surface area contributed by atoms with Gasteiger partial charge in [-0.3, -0.25) is 0 Å². The summed E-state index contributed by atoms with van der Waals surface area (Å²) >= 11 is 0. The molecule has 0 spiro atoms. The van der Waals surface area contributed by atoms with Crippen LogP contribution in [0.5, 0.6) is 0 Å². The summed E-state index contributed by atoms with van der Waals surface area (Å²) in [7, 11) is 0. The maximum atomic E-state index is 4.92. The molecule has 16 nitrogen and oxygen atoms in total. The van der Waals surface area contributed by atoms with Crippen molar-refractivity contribution in [3.63, 3.8) is 0 Å². The SMILES string of the molecule is c1cc(-c2nc3nc(N4CCC[C@@H](c5nnc6n5CCC6)C4)ccc3[nH]2)nc(C2CC2)c1.c1cc(-c2nc3nc(N4CCC[C@H](c5nnc6n5CCC6)C4)ccc3[nH]2)nc(C2CC2)c1. The first-order chi connectivity index (χ1) is 31.6. The lowest BCUT2D eigenvalue weighted by atomic mass is 9.97. The molecule has 64 heavy (non-hydrogen) atoms. The van der Waals surface area contributed by atoms with Crippen molar-refractivity contribution < 1.29 is 0 Å². The van der Waals surface area contributed by atoms with Crippen LogP contribution < -0.4 is 9.80 Å². The first-order valence-corrected chi connectivity index (χ1v) is 23.7. The van der Waals surface area contributed by atoms with Gasteiger partial charge in [-0.05, 0) is 113 Å². The number of imidazole rings is 2. The van der Waals surface area contributed by atoms with Crippen molar-refractivity contribution in [2.24, 2.45) is 0 Å². The molecule has 0 amide bonds. The van der Waals surface area contributed by atoms with Gasteiger partial charge in [0.15, 0.2) is 22.9 Å². The van der Waals surface area contributed by atoms with Crippen molar-refractivity contribution in [2.45, 2.75) is 114 Å². The highest BCUT2D eigenvalue weighted by Gasteiger charge is 2.32. The number of nitrogens with one attached hydrogen (secondary N) is 2. The molecule has 2 aliphatic carbocycles. The fourth-order valence-electron chi connectivity index (χ4n) is 10.5. The second-order valence-corrected chi connectivity index (χ2v) is 18.7. The zero-order valence-electron chi connectivity index (χ0n) is 36.1. The Hall–Kier alpha value is -6.58. The van der Waals surface area contributed by atoms with Crippen LogP contribution in [0.3, 0.4) is 0 Å². The van der Waals surface area contributed by atoms with E-state index in [1.54, 1.807) is 0 Å². The van der Waals surface area contributed by atoms with E-state index in [2.05, 4.69) is 97.8 Å². The summed E-state index contributed by atoms with van der Waals surface area (Å²) < 4.78 is 4.68. The average molecular weight is 853 g/mol. The smallest absolute Gasteiger partial charge is 0.180 e. The van der Waals surface area contributed by atoms with Crippen molar-refractivity contribution in [2.75, 3.05) is 36.0 Å². The molecule has 14 rings (SSSR count). The molecule has 0 aromatic carbocycles. The zero-order valence-corrected chi connectivity index (χ0v) is 36.1. The Kier molecular flexibility index (Phi) is 9.24. The summed E-state index contributed by atoms with van der Waals surface area (Å²) in [6.07, 6.45) is 14.1. The number of H-pyrrole nitrogens is 2. The van der Waals surface area contributed by atoms with Crippen LogP contribution >= 0.6 is 0 Å². The number of hydrogen-bond donors (Lipinski definition) is 2. The van der Waals surface area contributed by atoms with Gasteiger partial charge in [0.2, 0.25) is 0 Å². The third-order valence-electron chi connectivity index (χ3n) is 14.2. The fourth-order valence-corrected chi connectivity index (χ4v) is 10.5. The van der Waals surface area contributed by atoms with Crippen LogP contribution in [0.1, 0.15) is 123 Å². The lowest BCUT2D eigenvalue weighted by Crippen LogP contribution is -2.35. The monoisotopic (exact) mass is 852 g/mol. The number of aryl methyl sites for hydroxylation is 2. The van der Waals surface area contributed by atoms with Gasteiger partial charge in [0.05, 0.1) is 11.0 Å². The molecule has 8 aromatic heterocycles. The molecule has 0 bridgehead atoms. The van der Waals surface area contributed by atoms with Crippen molar-refractivity contribution >= 4 is 34.0 Å². The van der Waals surface area contributed by atoms with Crippen LogP contribution in [0.2, 0.25) is 0 Å². The van der Waals surface area contributed by atoms with Gasteiger partial charge in [-0.25, -0.2) is 29.9 Å². The van der Waals surface area contributed by atoms with Crippen molar-refractivity contribution in [1.29, 1.82) is 0 Å². The Morgan fingerprint density at radius 3 is 1.39 bits per heavy atom. The van der Waals surface area contributed by atoms with Crippen molar-refractivity contribution in [3.8, 4) is 23.0 Å². The molecule has 4 fully saturated rings. The third kappa shape index (κ3) is 7.16. The Balaban J connectivity index is 0.000000129. The van der Waals surface area contributed by atoms with Gasteiger partial charge in [-0.1, -0.05) is 12.1 Å². The predicted molar refractivity (Wildman–Crippen MR) is 243 cm³/mol. The average Bonchev–Trinajstić information content (AvgIpc) is 3.92. The Morgan fingerprint density at radius 1 is 0.438 bits per heavy atom. The van der Waals surface area contributed by atoms with Crippen LogP contribution in [-0.4, -0.2) is 95.6 Å². The quantitative estimate of drug-likeness (QED) is 0.153. The van der Waals surface area contributed by atoms with Crippen molar-refractivity contribution in [3.05, 3.63) is 95.3 Å². The van der Waals surface area contributed by atoms with Gasteiger partial charge in [-0.2, -0.15) is 0 Å². The second kappa shape index (κ2) is 15.6. The maximum Gasteiger partial charge on any atom is 0.180 e. The van der Waals surface area contributed by atoms with Gasteiger partial charge in [0.25, 0.3) is 0 Å². The molecule has 0 radical (unpaired) electrons. The zero-order chi connectivity index (χ0) is 42.1. The van der Waals surface area contributed by atoms with E-state index in [9.17, 15) is 0 Å². The lowest BCUT2D eigenvalue weighted by molar-refractivity contribution is 0.471. The summed E-state index contributed by atoms with van der Waals surface area (Å²) in [6.45, 7) is 6.00. The van der Waals surface area contributed by atoms with Crippen molar-refractivity contribution in [1.82, 2.24) is 69.4 Å². The summed E-state index contributed by atoms with van der Waals surface area (Å²) in [5, 5.41) is 17.9. The maximum absolute atomic E-state index is 4.92. The number of rotatable bonds is 8. The number of anilines is 2. The van der Waals surface area contributed by atoms with E-state index in [1.165, 1.54) is 49.9 Å². The summed E-state index contributed by atoms with van der Waals surface area (Å²) in [4.78, 5) is 40.7. The minimum absolute atomic E-state index is 0.407. The molecule has 2 N–H and O–H groups in total. The number of fused-ring (bicyclic) bond motifs is 4. The number of hydrogen-bond acceptors (Lipinski definition) is 12. The number of aromatic nitrogens is 14. The molecule has 8 aromatic rings. The predicted octanol–water partition coefficient (Wildman–Crippen LogP) is 7.64. The molecule has 324 valence electrons. The van der Waals surface area contributed by atoms with Gasteiger partial charge in [0, 0.05) is 87.2 Å². The highest BCUT2D eigenvalue weighted by atomic mass is 15.3. The Morgan fingerprint density at radius 2 is 0.922 bits per heavy atom. The topological polar surface area (TPSA) is 177 Å². The van der Waals surface area contributed by atoms with E-state index in [1.807, 2.05) is 12.1 Å². The standard InChI is InChI=1S/2C24H26N8/c2*1-5-17(15-8-9-15)25-18(6-1)22-26-19-10-11-20(27-23(19)28-22)31-12-2-4-16(14-31)24-30-29-21-7-3-13-32(21)24/h2*1,5-6,10-11,15-16H,2-4,7-9,12-14H2,(H,26,27,28)/t2*16-/m10/s1. The van der Waals surface area contributed by atoms with Crippen LogP contribution in [0.25, 0.3) is 45.4 Å². The number of nitrogens with zero attached hydrogens (tertiary/aromatic N) is 14. The molecular formula is C48H52N16. The van der Waals surface area contributed by atoms with E-state index < -0.39 is 0 Å². The number of piperidine rings is 2. The number of aromatic amines is 2. The minimum Gasteiger partial charge on any atom is -0.356 e. The van der Waals surface area contributed by atoms with Crippen LogP contribution in [0.4, 0.5) is 11.6 Å². The normalized spacial score (nSPS) is 20.8. The molecular weight excluding hydrogens is 801 g/mol. The van der Waals surface area contributed by atoms with E-state index in [0.29, 0.717) is 23.7 Å². The van der Waals surface area contributed by atoms with Crippen LogP contribution in [-0.2, 0) is 25.9 Å². The Labute approximate surface area is 370 Å². The molecule has 2 atom stereocenters. The summed E-state index contributed by atoms with van der Waals surface area (Å²) in [5.74, 6) is 10.3. The lowest BCUT2D eigenvalue weighted by Gasteiger charge is -2.33. The molecule has 16 heteroatoms. The van der Waals surface area contributed by atoms with Crippen LogP contribution in [0, 0.1) is 0 Å². The van der Waals surface area contributed by atoms with E-state index >= 15 is 0 Å². The summed E-state index contributed by atoms with van der Waals surface area (Å²) in [6, 6.07) is 20.9. The molecule has 0 unspecified atom stereocenters. The molecule has 2 saturated carbocycles. The number of pyridine rings is 4. The molecule has 6 aliphatic rings. The van der Waals surface area contributed by atoms with Gasteiger partial charge >= 0.3 is 0 Å². The van der Waals surface area contributed by atoms with E-state index in [4.69, 9.17) is 29.9 Å². The van der Waals surface area contributed by atoms with Gasteiger partial charge in [-0.15, -0.1) is 20.4 Å². The fraction of sp³-hybridized carbons (Fsp3) is 0.458. The Bertz CT molecular complexity index is 2800. The van der Waals surface area contributed by atoms with Gasteiger partial charge < -0.3 is 28.9 Å². The van der Waals surface area contributed by atoms with Gasteiger partial charge in [0.1, 0.15) is 46.3 Å². The summed E-state index contributed by atoms with van der Waals surface area (Å²) in [5.41, 5.74) is 7.55. The molecule has 2 saturated heterocycles. The highest BCUT2D eigenvalue weighted by molar-refractivity contribution is 5.78. The largest absolute Gasteiger partial charge is 0.356 e. The highest BCUT2D eigenvalue weighted by Crippen LogP contribution is 2.41. The van der Waals surface area contributed by atoms with E-state index in [-0.39, 0.29) is 0 Å². The molecule has 12 heterocycles.